The summed E-state index contributed by atoms with van der Waals surface area (Å²) in [6, 6.07) is 0. The number of hydrogen-bond acceptors (Lipinski definition) is 5. The number of fused-ring (bicyclic) bond motifs is 1. The van der Waals surface area contributed by atoms with Gasteiger partial charge in [0.25, 0.3) is 0 Å². The molecule has 1 fully saturated rings. The Balaban J connectivity index is 2.54. The third kappa shape index (κ3) is 2.36. The lowest BCUT2D eigenvalue weighted by Crippen LogP contribution is -2.52. The fourth-order valence-electron chi connectivity index (χ4n) is 3.45. The van der Waals surface area contributed by atoms with Crippen LogP contribution >= 0.6 is 0 Å². The normalized spacial score (nSPS) is 34.6. The van der Waals surface area contributed by atoms with E-state index in [0.717, 1.165) is 0 Å². The number of carbonyl (C=O) groups excluding carboxylic acids is 3. The van der Waals surface area contributed by atoms with Crippen molar-refractivity contribution in [2.45, 2.75) is 59.2 Å². The molecule has 0 radical (unpaired) electrons. The Hall–Kier alpha value is -1.65. The van der Waals surface area contributed by atoms with Crippen LogP contribution in [-0.2, 0) is 23.9 Å². The minimum atomic E-state index is -1.44. The highest BCUT2D eigenvalue weighted by Gasteiger charge is 2.69. The molecule has 0 aromatic carbocycles. The van der Waals surface area contributed by atoms with E-state index in [4.69, 9.17) is 9.47 Å². The van der Waals surface area contributed by atoms with Crippen LogP contribution in [0.2, 0.25) is 0 Å². The summed E-state index contributed by atoms with van der Waals surface area (Å²) in [5.74, 6) is -2.17. The monoisotopic (exact) mass is 308 g/mol. The first-order valence-corrected chi connectivity index (χ1v) is 7.62. The molecule has 2 aliphatic rings. The van der Waals surface area contributed by atoms with E-state index < -0.39 is 34.5 Å². The molecule has 2 rings (SSSR count). The second-order valence-electron chi connectivity index (χ2n) is 7.66. The molecule has 122 valence electrons. The smallest absolute Gasteiger partial charge is 0.325 e. The first kappa shape index (κ1) is 16.7. The highest BCUT2D eigenvalue weighted by Crippen LogP contribution is 2.55. The van der Waals surface area contributed by atoms with Crippen molar-refractivity contribution in [3.05, 3.63) is 12.2 Å². The average Bonchev–Trinajstić information content (AvgIpc) is 2.55. The fraction of sp³-hybridized carbons (Fsp3) is 0.706. The standard InChI is InChI=1S/C17H24O5/c1-10(2)17(13(19)21-15(3,4)5)12-9-11(18)7-8-16(12,6)22-14(17)20/h7-8,10,12H,9H2,1-6H3/t12-,16+,17?/m0/s1. The molecule has 0 aromatic rings. The predicted molar refractivity (Wildman–Crippen MR) is 79.9 cm³/mol. The summed E-state index contributed by atoms with van der Waals surface area (Å²) in [4.78, 5) is 37.4. The second-order valence-corrected chi connectivity index (χ2v) is 7.66. The van der Waals surface area contributed by atoms with Crippen molar-refractivity contribution in [2.24, 2.45) is 17.3 Å². The lowest BCUT2D eigenvalue weighted by Gasteiger charge is -2.38. The molecular weight excluding hydrogens is 284 g/mol. The largest absolute Gasteiger partial charge is 0.459 e. The molecule has 3 atom stereocenters. The number of carbonyl (C=O) groups is 3. The number of ether oxygens (including phenoxy) is 2. The van der Waals surface area contributed by atoms with Gasteiger partial charge >= 0.3 is 11.9 Å². The molecule has 0 spiro atoms. The van der Waals surface area contributed by atoms with Crippen LogP contribution in [0.15, 0.2) is 12.2 Å². The molecule has 0 amide bonds. The van der Waals surface area contributed by atoms with E-state index in [0.29, 0.717) is 0 Å². The summed E-state index contributed by atoms with van der Waals surface area (Å²) in [6.45, 7) is 10.6. The zero-order valence-electron chi connectivity index (χ0n) is 14.1. The third-order valence-electron chi connectivity index (χ3n) is 4.54. The van der Waals surface area contributed by atoms with Crippen LogP contribution in [0.3, 0.4) is 0 Å². The summed E-state index contributed by atoms with van der Waals surface area (Å²) in [7, 11) is 0. The Morgan fingerprint density at radius 1 is 1.36 bits per heavy atom. The summed E-state index contributed by atoms with van der Waals surface area (Å²) in [5.41, 5.74) is -3.10. The molecule has 0 saturated carbocycles. The lowest BCUT2D eigenvalue weighted by atomic mass is 9.61. The van der Waals surface area contributed by atoms with Gasteiger partial charge in [-0.2, -0.15) is 0 Å². The number of esters is 2. The molecule has 5 heteroatoms. The van der Waals surface area contributed by atoms with Crippen molar-refractivity contribution in [1.29, 1.82) is 0 Å². The quantitative estimate of drug-likeness (QED) is 0.579. The number of ketones is 1. The first-order valence-electron chi connectivity index (χ1n) is 7.62. The van der Waals surface area contributed by atoms with E-state index in [9.17, 15) is 14.4 Å². The topological polar surface area (TPSA) is 69.7 Å². The van der Waals surface area contributed by atoms with Crippen LogP contribution in [0.5, 0.6) is 0 Å². The van der Waals surface area contributed by atoms with Crippen LogP contribution in [0.1, 0.15) is 48.0 Å². The average molecular weight is 308 g/mol. The zero-order chi connectivity index (χ0) is 16.9. The Kier molecular flexibility index (Phi) is 3.75. The summed E-state index contributed by atoms with van der Waals surface area (Å²) >= 11 is 0. The van der Waals surface area contributed by atoms with Crippen molar-refractivity contribution in [1.82, 2.24) is 0 Å². The van der Waals surface area contributed by atoms with Gasteiger partial charge in [0.15, 0.2) is 11.2 Å². The zero-order valence-corrected chi connectivity index (χ0v) is 14.1. The van der Waals surface area contributed by atoms with E-state index in [1.165, 1.54) is 6.08 Å². The highest BCUT2D eigenvalue weighted by molar-refractivity contribution is 6.05. The van der Waals surface area contributed by atoms with E-state index in [1.807, 2.05) is 0 Å². The maximum atomic E-state index is 12.9. The Morgan fingerprint density at radius 2 is 1.95 bits per heavy atom. The van der Waals surface area contributed by atoms with Crippen molar-refractivity contribution < 1.29 is 23.9 Å². The molecule has 5 nitrogen and oxygen atoms in total. The summed E-state index contributed by atoms with van der Waals surface area (Å²) in [5, 5.41) is 0. The van der Waals surface area contributed by atoms with Crippen molar-refractivity contribution >= 4 is 17.7 Å². The van der Waals surface area contributed by atoms with E-state index in [-0.39, 0.29) is 18.1 Å². The molecule has 1 aliphatic carbocycles. The fourth-order valence-corrected chi connectivity index (χ4v) is 3.45. The molecule has 0 aromatic heterocycles. The van der Waals surface area contributed by atoms with Crippen molar-refractivity contribution in [3.63, 3.8) is 0 Å². The van der Waals surface area contributed by atoms with Gasteiger partial charge in [-0.25, -0.2) is 0 Å². The Morgan fingerprint density at radius 3 is 2.45 bits per heavy atom. The minimum Gasteiger partial charge on any atom is -0.459 e. The highest BCUT2D eigenvalue weighted by atomic mass is 16.6. The van der Waals surface area contributed by atoms with Crippen molar-refractivity contribution in [2.75, 3.05) is 0 Å². The SMILES string of the molecule is CC(C)C1(C(=O)OC(C)(C)C)C(=O)O[C@]2(C)C=CC(=O)C[C@H]12. The van der Waals surface area contributed by atoms with Crippen LogP contribution in [0, 0.1) is 17.3 Å². The molecule has 22 heavy (non-hydrogen) atoms. The first-order chi connectivity index (χ1) is 9.93. The van der Waals surface area contributed by atoms with Gasteiger partial charge < -0.3 is 9.47 Å². The van der Waals surface area contributed by atoms with Gasteiger partial charge in [-0.15, -0.1) is 0 Å². The van der Waals surface area contributed by atoms with E-state index >= 15 is 0 Å². The minimum absolute atomic E-state index is 0.102. The van der Waals surface area contributed by atoms with Gasteiger partial charge in [-0.05, 0) is 45.8 Å². The maximum absolute atomic E-state index is 12.9. The van der Waals surface area contributed by atoms with Crippen LogP contribution < -0.4 is 0 Å². The Labute approximate surface area is 131 Å². The second kappa shape index (κ2) is 4.93. The molecule has 0 bridgehead atoms. The van der Waals surface area contributed by atoms with Crippen LogP contribution in [0.4, 0.5) is 0 Å². The van der Waals surface area contributed by atoms with Gasteiger partial charge in [0.05, 0.1) is 0 Å². The maximum Gasteiger partial charge on any atom is 0.325 e. The van der Waals surface area contributed by atoms with Gasteiger partial charge in [-0.3, -0.25) is 14.4 Å². The van der Waals surface area contributed by atoms with Crippen LogP contribution in [0.25, 0.3) is 0 Å². The van der Waals surface area contributed by atoms with Gasteiger partial charge in [0.2, 0.25) is 0 Å². The molecule has 1 unspecified atom stereocenters. The number of rotatable bonds is 2. The number of hydrogen-bond donors (Lipinski definition) is 0. The van der Waals surface area contributed by atoms with Gasteiger partial charge in [-0.1, -0.05) is 13.8 Å². The van der Waals surface area contributed by atoms with Gasteiger partial charge in [0.1, 0.15) is 11.2 Å². The number of allylic oxidation sites excluding steroid dienone is 1. The van der Waals surface area contributed by atoms with E-state index in [2.05, 4.69) is 0 Å². The molecule has 0 N–H and O–H groups in total. The predicted octanol–water partition coefficient (Wildman–Crippen LogP) is 2.43. The third-order valence-corrected chi connectivity index (χ3v) is 4.54. The summed E-state index contributed by atoms with van der Waals surface area (Å²) < 4.78 is 11.0. The van der Waals surface area contributed by atoms with E-state index in [1.54, 1.807) is 47.6 Å². The molecule has 1 heterocycles. The molecule has 1 saturated heterocycles. The van der Waals surface area contributed by atoms with Gasteiger partial charge in [0, 0.05) is 12.3 Å². The van der Waals surface area contributed by atoms with Crippen molar-refractivity contribution in [3.8, 4) is 0 Å². The lowest BCUT2D eigenvalue weighted by molar-refractivity contribution is -0.178. The molecule has 1 aliphatic heterocycles. The summed E-state index contributed by atoms with van der Waals surface area (Å²) in [6.07, 6.45) is 3.13. The van der Waals surface area contributed by atoms with Crippen LogP contribution in [-0.4, -0.2) is 28.9 Å². The molecular formula is C17H24O5. The Bertz CT molecular complexity index is 554.